The summed E-state index contributed by atoms with van der Waals surface area (Å²) in [6.07, 6.45) is 4.10. The van der Waals surface area contributed by atoms with Crippen LogP contribution in [-0.4, -0.2) is 68.9 Å². The lowest BCUT2D eigenvalue weighted by Gasteiger charge is -2.31. The fourth-order valence-electron chi connectivity index (χ4n) is 3.95. The molecule has 0 radical (unpaired) electrons. The highest BCUT2D eigenvalue weighted by Crippen LogP contribution is 2.27. The van der Waals surface area contributed by atoms with Crippen LogP contribution < -0.4 is 0 Å². The number of nitrogens with zero attached hydrogens (tertiary/aromatic N) is 6. The molecule has 2 aromatic heterocycles. The van der Waals surface area contributed by atoms with Gasteiger partial charge in [0.05, 0.1) is 25.5 Å². The Bertz CT molecular complexity index is 721. The van der Waals surface area contributed by atoms with Crippen LogP contribution in [0, 0.1) is 6.92 Å². The molecule has 0 spiro atoms. The van der Waals surface area contributed by atoms with Gasteiger partial charge in [-0.15, -0.1) is 10.2 Å². The first-order valence-corrected chi connectivity index (χ1v) is 9.50. The number of hydrogen-bond donors (Lipinski definition) is 0. The topological polar surface area (TPSA) is 72.5 Å². The molecule has 0 saturated carbocycles. The van der Waals surface area contributed by atoms with Gasteiger partial charge in [-0.3, -0.25) is 9.80 Å². The van der Waals surface area contributed by atoms with Crippen molar-refractivity contribution in [2.75, 3.05) is 39.4 Å². The fourth-order valence-corrected chi connectivity index (χ4v) is 3.95. The number of aromatic nitrogens is 4. The van der Waals surface area contributed by atoms with Crippen molar-refractivity contribution in [2.24, 2.45) is 7.05 Å². The average molecular weight is 360 g/mol. The largest absolute Gasteiger partial charge is 0.449 e. The van der Waals surface area contributed by atoms with E-state index in [1.54, 1.807) is 6.26 Å². The van der Waals surface area contributed by atoms with Crippen LogP contribution in [0.1, 0.15) is 42.0 Å². The molecule has 2 saturated heterocycles. The van der Waals surface area contributed by atoms with E-state index in [-0.39, 0.29) is 0 Å². The van der Waals surface area contributed by atoms with Gasteiger partial charge >= 0.3 is 0 Å². The molecule has 142 valence electrons. The summed E-state index contributed by atoms with van der Waals surface area (Å²) in [6, 6.07) is 0. The minimum absolute atomic E-state index is 0.424. The molecule has 4 heterocycles. The van der Waals surface area contributed by atoms with Crippen LogP contribution in [0.5, 0.6) is 0 Å². The van der Waals surface area contributed by atoms with E-state index in [9.17, 15) is 0 Å². The van der Waals surface area contributed by atoms with Crippen LogP contribution in [0.2, 0.25) is 0 Å². The van der Waals surface area contributed by atoms with Crippen molar-refractivity contribution < 1.29 is 9.15 Å². The number of oxazole rings is 1. The van der Waals surface area contributed by atoms with Crippen LogP contribution in [0.15, 0.2) is 10.7 Å². The summed E-state index contributed by atoms with van der Waals surface area (Å²) in [5, 5.41) is 9.03. The Balaban J connectivity index is 1.40. The maximum atomic E-state index is 5.43. The molecule has 0 amide bonds. The molecular weight excluding hydrogens is 332 g/mol. The molecule has 4 rings (SSSR count). The summed E-state index contributed by atoms with van der Waals surface area (Å²) >= 11 is 0. The quantitative estimate of drug-likeness (QED) is 0.796. The van der Waals surface area contributed by atoms with Gasteiger partial charge in [0, 0.05) is 46.1 Å². The van der Waals surface area contributed by atoms with Gasteiger partial charge in [0.15, 0.2) is 5.89 Å². The zero-order valence-electron chi connectivity index (χ0n) is 15.7. The number of morpholine rings is 1. The van der Waals surface area contributed by atoms with E-state index in [2.05, 4.69) is 36.6 Å². The van der Waals surface area contributed by atoms with Crippen LogP contribution in [0.3, 0.4) is 0 Å². The monoisotopic (exact) mass is 360 g/mol. The average Bonchev–Trinajstić information content (AvgIpc) is 3.22. The predicted octanol–water partition coefficient (Wildman–Crippen LogP) is 1.32. The van der Waals surface area contributed by atoms with E-state index in [1.165, 1.54) is 6.42 Å². The lowest BCUT2D eigenvalue weighted by atomic mass is 9.97. The molecule has 0 bridgehead atoms. The second-order valence-electron chi connectivity index (χ2n) is 7.35. The highest BCUT2D eigenvalue weighted by molar-refractivity contribution is 5.05. The van der Waals surface area contributed by atoms with E-state index in [0.717, 1.165) is 82.1 Å². The Morgan fingerprint density at radius 2 is 1.96 bits per heavy atom. The molecule has 2 aliphatic heterocycles. The van der Waals surface area contributed by atoms with Gasteiger partial charge in [-0.1, -0.05) is 0 Å². The standard InChI is InChI=1S/C18H28N6O2/c1-14-19-16(13-26-14)11-24-5-3-4-15(10-24)18-21-20-17(22(18)2)12-23-6-8-25-9-7-23/h13,15H,3-12H2,1-2H3/t15-/m0/s1. The van der Waals surface area contributed by atoms with Gasteiger partial charge in [0.2, 0.25) is 0 Å². The van der Waals surface area contributed by atoms with Gasteiger partial charge in [0.1, 0.15) is 17.9 Å². The zero-order chi connectivity index (χ0) is 17.9. The number of ether oxygens (including phenoxy) is 1. The first-order valence-electron chi connectivity index (χ1n) is 9.50. The minimum atomic E-state index is 0.424. The Morgan fingerprint density at radius 1 is 1.12 bits per heavy atom. The summed E-state index contributed by atoms with van der Waals surface area (Å²) in [5.41, 5.74) is 1.01. The molecule has 26 heavy (non-hydrogen) atoms. The normalized spacial score (nSPS) is 22.8. The van der Waals surface area contributed by atoms with Crippen molar-refractivity contribution in [3.8, 4) is 0 Å². The number of aryl methyl sites for hydroxylation is 1. The molecular formula is C18H28N6O2. The van der Waals surface area contributed by atoms with Gasteiger partial charge in [-0.05, 0) is 19.4 Å². The molecule has 1 atom stereocenters. The third-order valence-corrected chi connectivity index (χ3v) is 5.39. The molecule has 8 heteroatoms. The van der Waals surface area contributed by atoms with Crippen molar-refractivity contribution in [1.29, 1.82) is 0 Å². The lowest BCUT2D eigenvalue weighted by Crippen LogP contribution is -2.36. The molecule has 2 fully saturated rings. The Kier molecular flexibility index (Phi) is 5.33. The van der Waals surface area contributed by atoms with Crippen molar-refractivity contribution in [1.82, 2.24) is 29.5 Å². The van der Waals surface area contributed by atoms with Crippen molar-refractivity contribution in [2.45, 2.75) is 38.8 Å². The Labute approximate surface area is 154 Å². The van der Waals surface area contributed by atoms with E-state index in [1.807, 2.05) is 6.92 Å². The third-order valence-electron chi connectivity index (χ3n) is 5.39. The number of likely N-dealkylation sites (tertiary alicyclic amines) is 1. The second-order valence-corrected chi connectivity index (χ2v) is 7.35. The van der Waals surface area contributed by atoms with Crippen molar-refractivity contribution >= 4 is 0 Å². The molecule has 0 aromatic carbocycles. The summed E-state index contributed by atoms with van der Waals surface area (Å²) in [7, 11) is 2.10. The summed E-state index contributed by atoms with van der Waals surface area (Å²) in [5.74, 6) is 3.31. The SMILES string of the molecule is Cc1nc(CN2CCC[C@H](c3nnc(CN4CCOCC4)n3C)C2)co1. The second kappa shape index (κ2) is 7.85. The Hall–Kier alpha value is -1.77. The van der Waals surface area contributed by atoms with E-state index >= 15 is 0 Å². The predicted molar refractivity (Wildman–Crippen MR) is 95.6 cm³/mol. The fraction of sp³-hybridized carbons (Fsp3) is 0.722. The van der Waals surface area contributed by atoms with Gasteiger partial charge in [-0.25, -0.2) is 4.98 Å². The van der Waals surface area contributed by atoms with E-state index in [4.69, 9.17) is 9.15 Å². The van der Waals surface area contributed by atoms with Crippen LogP contribution in [0.25, 0.3) is 0 Å². The van der Waals surface area contributed by atoms with Gasteiger partial charge in [0.25, 0.3) is 0 Å². The molecule has 8 nitrogen and oxygen atoms in total. The Morgan fingerprint density at radius 3 is 2.73 bits per heavy atom. The zero-order valence-corrected chi connectivity index (χ0v) is 15.7. The third kappa shape index (κ3) is 3.97. The summed E-state index contributed by atoms with van der Waals surface area (Å²) in [4.78, 5) is 9.26. The number of hydrogen-bond acceptors (Lipinski definition) is 7. The minimum Gasteiger partial charge on any atom is -0.449 e. The maximum absolute atomic E-state index is 5.43. The van der Waals surface area contributed by atoms with Crippen molar-refractivity contribution in [3.63, 3.8) is 0 Å². The number of piperidine rings is 1. The summed E-state index contributed by atoms with van der Waals surface area (Å²) in [6.45, 7) is 9.23. The van der Waals surface area contributed by atoms with Gasteiger partial charge < -0.3 is 13.7 Å². The molecule has 0 aliphatic carbocycles. The highest BCUT2D eigenvalue weighted by atomic mass is 16.5. The van der Waals surface area contributed by atoms with Crippen LogP contribution >= 0.6 is 0 Å². The first-order chi connectivity index (χ1) is 12.7. The molecule has 2 aliphatic rings. The molecule has 0 N–H and O–H groups in total. The van der Waals surface area contributed by atoms with Crippen LogP contribution in [0.4, 0.5) is 0 Å². The summed E-state index contributed by atoms with van der Waals surface area (Å²) < 4.78 is 13.0. The van der Waals surface area contributed by atoms with Crippen LogP contribution in [-0.2, 0) is 24.9 Å². The van der Waals surface area contributed by atoms with Gasteiger partial charge in [-0.2, -0.15) is 0 Å². The highest BCUT2D eigenvalue weighted by Gasteiger charge is 2.27. The number of rotatable bonds is 5. The van der Waals surface area contributed by atoms with Crippen molar-refractivity contribution in [3.05, 3.63) is 29.5 Å². The lowest BCUT2D eigenvalue weighted by molar-refractivity contribution is 0.0326. The maximum Gasteiger partial charge on any atom is 0.191 e. The first kappa shape index (κ1) is 17.6. The smallest absolute Gasteiger partial charge is 0.191 e. The van der Waals surface area contributed by atoms with E-state index < -0.39 is 0 Å². The molecule has 0 unspecified atom stereocenters. The molecule has 2 aromatic rings. The van der Waals surface area contributed by atoms with E-state index in [0.29, 0.717) is 5.92 Å².